The van der Waals surface area contributed by atoms with Crippen molar-refractivity contribution in [3.8, 4) is 0 Å². The van der Waals surface area contributed by atoms with Crippen LogP contribution in [0.5, 0.6) is 0 Å². The molecule has 0 aromatic heterocycles. The molecule has 1 aromatic rings. The Labute approximate surface area is 101 Å². The second-order valence-electron chi connectivity index (χ2n) is 4.83. The first-order valence-electron chi connectivity index (χ1n) is 6.08. The Bertz CT molecular complexity index is 386. The molecule has 1 aliphatic rings. The minimum Gasteiger partial charge on any atom is -0.306 e. The van der Waals surface area contributed by atoms with Gasteiger partial charge in [0.15, 0.2) is 0 Å². The standard InChI is InChI=1S/C14H18FNO/c1-16-7-5-12(6-8-16)14(15)13-4-2-3-11(9-13)10-17/h2-4,9-10,12,14H,5-8H2,1H3. The van der Waals surface area contributed by atoms with E-state index >= 15 is 0 Å². The topological polar surface area (TPSA) is 20.3 Å². The second-order valence-corrected chi connectivity index (χ2v) is 4.83. The molecule has 1 unspecified atom stereocenters. The van der Waals surface area contributed by atoms with Gasteiger partial charge in [0, 0.05) is 5.56 Å². The number of halogens is 1. The molecule has 17 heavy (non-hydrogen) atoms. The maximum Gasteiger partial charge on any atom is 0.150 e. The van der Waals surface area contributed by atoms with Crippen LogP contribution in [-0.2, 0) is 0 Å². The lowest BCUT2D eigenvalue weighted by atomic mass is 9.88. The van der Waals surface area contributed by atoms with Gasteiger partial charge in [0.1, 0.15) is 12.5 Å². The van der Waals surface area contributed by atoms with Crippen LogP contribution in [-0.4, -0.2) is 31.3 Å². The molecule has 1 fully saturated rings. The van der Waals surface area contributed by atoms with E-state index in [1.807, 2.05) is 0 Å². The van der Waals surface area contributed by atoms with Crippen molar-refractivity contribution < 1.29 is 9.18 Å². The fourth-order valence-electron chi connectivity index (χ4n) is 2.40. The van der Waals surface area contributed by atoms with Crippen molar-refractivity contribution in [2.45, 2.75) is 19.0 Å². The molecule has 2 nitrogen and oxygen atoms in total. The molecule has 1 aromatic carbocycles. The highest BCUT2D eigenvalue weighted by molar-refractivity contribution is 5.74. The molecule has 0 N–H and O–H groups in total. The summed E-state index contributed by atoms with van der Waals surface area (Å²) in [4.78, 5) is 12.9. The van der Waals surface area contributed by atoms with Gasteiger partial charge in [-0.15, -0.1) is 0 Å². The molecular weight excluding hydrogens is 217 g/mol. The van der Waals surface area contributed by atoms with E-state index in [-0.39, 0.29) is 5.92 Å². The lowest BCUT2D eigenvalue weighted by Crippen LogP contribution is -2.31. The Kier molecular flexibility index (Phi) is 3.89. The molecule has 0 aliphatic carbocycles. The summed E-state index contributed by atoms with van der Waals surface area (Å²) in [5.41, 5.74) is 1.20. The predicted molar refractivity (Wildman–Crippen MR) is 65.9 cm³/mol. The highest BCUT2D eigenvalue weighted by atomic mass is 19.1. The number of carbonyl (C=O) groups is 1. The number of hydrogen-bond donors (Lipinski definition) is 0. The number of benzene rings is 1. The summed E-state index contributed by atoms with van der Waals surface area (Å²) in [5, 5.41) is 0. The zero-order valence-electron chi connectivity index (χ0n) is 10.1. The third-order valence-electron chi connectivity index (χ3n) is 3.54. The number of likely N-dealkylation sites (tertiary alicyclic amines) is 1. The lowest BCUT2D eigenvalue weighted by molar-refractivity contribution is 0.112. The van der Waals surface area contributed by atoms with E-state index in [4.69, 9.17) is 0 Å². The van der Waals surface area contributed by atoms with E-state index in [1.165, 1.54) is 0 Å². The van der Waals surface area contributed by atoms with E-state index in [1.54, 1.807) is 24.3 Å². The van der Waals surface area contributed by atoms with Crippen molar-refractivity contribution in [3.05, 3.63) is 35.4 Å². The summed E-state index contributed by atoms with van der Waals surface area (Å²) in [5.74, 6) is 0.0908. The molecule has 0 amide bonds. The number of nitrogens with zero attached hydrogens (tertiary/aromatic N) is 1. The summed E-state index contributed by atoms with van der Waals surface area (Å²) < 4.78 is 14.3. The quantitative estimate of drug-likeness (QED) is 0.751. The van der Waals surface area contributed by atoms with Crippen molar-refractivity contribution in [1.82, 2.24) is 4.90 Å². The van der Waals surface area contributed by atoms with Crippen molar-refractivity contribution in [2.24, 2.45) is 5.92 Å². The second kappa shape index (κ2) is 5.41. The molecule has 0 saturated carbocycles. The van der Waals surface area contributed by atoms with Gasteiger partial charge in [-0.2, -0.15) is 0 Å². The van der Waals surface area contributed by atoms with E-state index in [0.717, 1.165) is 32.2 Å². The SMILES string of the molecule is CN1CCC(C(F)c2cccc(C=O)c2)CC1. The number of piperidine rings is 1. The van der Waals surface area contributed by atoms with Crippen LogP contribution in [0.3, 0.4) is 0 Å². The van der Waals surface area contributed by atoms with Gasteiger partial charge in [-0.1, -0.05) is 18.2 Å². The van der Waals surface area contributed by atoms with Crippen LogP contribution >= 0.6 is 0 Å². The Hall–Kier alpha value is -1.22. The molecular formula is C14H18FNO. The van der Waals surface area contributed by atoms with Gasteiger partial charge in [0.05, 0.1) is 0 Å². The van der Waals surface area contributed by atoms with Crippen molar-refractivity contribution in [2.75, 3.05) is 20.1 Å². The van der Waals surface area contributed by atoms with Crippen LogP contribution in [0.4, 0.5) is 4.39 Å². The number of hydrogen-bond acceptors (Lipinski definition) is 2. The number of carbonyl (C=O) groups excluding carboxylic acids is 1. The lowest BCUT2D eigenvalue weighted by Gasteiger charge is -2.31. The molecule has 0 radical (unpaired) electrons. The summed E-state index contributed by atoms with van der Waals surface area (Å²) in [6.07, 6.45) is 1.61. The van der Waals surface area contributed by atoms with E-state index in [0.29, 0.717) is 11.1 Å². The first-order valence-corrected chi connectivity index (χ1v) is 6.08. The molecule has 2 rings (SSSR count). The Morgan fingerprint density at radius 1 is 1.41 bits per heavy atom. The van der Waals surface area contributed by atoms with E-state index < -0.39 is 6.17 Å². The van der Waals surface area contributed by atoms with E-state index in [2.05, 4.69) is 11.9 Å². The highest BCUT2D eigenvalue weighted by Crippen LogP contribution is 2.33. The summed E-state index contributed by atoms with van der Waals surface area (Å²) in [7, 11) is 2.07. The van der Waals surface area contributed by atoms with Crippen LogP contribution in [0.1, 0.15) is 34.9 Å². The summed E-state index contributed by atoms with van der Waals surface area (Å²) in [6.45, 7) is 1.91. The Balaban J connectivity index is 2.08. The molecule has 0 spiro atoms. The largest absolute Gasteiger partial charge is 0.306 e. The van der Waals surface area contributed by atoms with Crippen molar-refractivity contribution in [1.29, 1.82) is 0 Å². The first kappa shape index (κ1) is 12.2. The van der Waals surface area contributed by atoms with Gasteiger partial charge in [0.25, 0.3) is 0 Å². The minimum absolute atomic E-state index is 0.0908. The zero-order chi connectivity index (χ0) is 12.3. The van der Waals surface area contributed by atoms with Crippen molar-refractivity contribution in [3.63, 3.8) is 0 Å². The fraction of sp³-hybridized carbons (Fsp3) is 0.500. The number of alkyl halides is 1. The average molecular weight is 235 g/mol. The molecule has 3 heteroatoms. The molecule has 92 valence electrons. The molecule has 1 heterocycles. The van der Waals surface area contributed by atoms with E-state index in [9.17, 15) is 9.18 Å². The Morgan fingerprint density at radius 3 is 2.76 bits per heavy atom. The predicted octanol–water partition coefficient (Wildman–Crippen LogP) is 2.85. The van der Waals surface area contributed by atoms with Crippen LogP contribution in [0.15, 0.2) is 24.3 Å². The van der Waals surface area contributed by atoms with Gasteiger partial charge in [-0.25, -0.2) is 4.39 Å². The van der Waals surface area contributed by atoms with Gasteiger partial charge >= 0.3 is 0 Å². The molecule has 1 saturated heterocycles. The van der Waals surface area contributed by atoms with Crippen molar-refractivity contribution >= 4 is 6.29 Å². The summed E-state index contributed by atoms with van der Waals surface area (Å²) >= 11 is 0. The zero-order valence-corrected chi connectivity index (χ0v) is 10.1. The third-order valence-corrected chi connectivity index (χ3v) is 3.54. The Morgan fingerprint density at radius 2 is 2.12 bits per heavy atom. The van der Waals surface area contributed by atoms with Crippen LogP contribution in [0.2, 0.25) is 0 Å². The van der Waals surface area contributed by atoms with Gasteiger partial charge in [0.2, 0.25) is 0 Å². The maximum absolute atomic E-state index is 14.3. The molecule has 1 aliphatic heterocycles. The third kappa shape index (κ3) is 2.91. The normalized spacial score (nSPS) is 20.1. The monoisotopic (exact) mass is 235 g/mol. The smallest absolute Gasteiger partial charge is 0.150 e. The van der Waals surface area contributed by atoms with Crippen LogP contribution < -0.4 is 0 Å². The number of rotatable bonds is 3. The summed E-state index contributed by atoms with van der Waals surface area (Å²) in [6, 6.07) is 6.89. The van der Waals surface area contributed by atoms with Gasteiger partial charge in [-0.3, -0.25) is 4.79 Å². The first-order chi connectivity index (χ1) is 8.20. The number of aldehydes is 1. The minimum atomic E-state index is -0.941. The fourth-order valence-corrected chi connectivity index (χ4v) is 2.40. The molecule has 1 atom stereocenters. The van der Waals surface area contributed by atoms with Gasteiger partial charge < -0.3 is 4.90 Å². The molecule has 0 bridgehead atoms. The average Bonchev–Trinajstić information content (AvgIpc) is 2.39. The van der Waals surface area contributed by atoms with Crippen LogP contribution in [0, 0.1) is 5.92 Å². The van der Waals surface area contributed by atoms with Gasteiger partial charge in [-0.05, 0) is 50.5 Å². The highest BCUT2D eigenvalue weighted by Gasteiger charge is 2.26. The van der Waals surface area contributed by atoms with Crippen LogP contribution in [0.25, 0.3) is 0 Å². The maximum atomic E-state index is 14.3.